The highest BCUT2D eigenvalue weighted by atomic mass is 16.5. The molecule has 0 bridgehead atoms. The first-order valence-corrected chi connectivity index (χ1v) is 7.85. The molecular weight excluding hydrogens is 326 g/mol. The molecule has 0 aliphatic heterocycles. The molecule has 3 rings (SSSR count). The Labute approximate surface area is 151 Å². The van der Waals surface area contributed by atoms with Crippen LogP contribution in [0.5, 0.6) is 11.5 Å². The summed E-state index contributed by atoms with van der Waals surface area (Å²) in [5, 5.41) is 12.1. The smallest absolute Gasteiger partial charge is 0.205 e. The number of aryl methyl sites for hydroxylation is 2. The fourth-order valence-corrected chi connectivity index (χ4v) is 2.49. The van der Waals surface area contributed by atoms with Gasteiger partial charge in [-0.3, -0.25) is 4.98 Å². The second-order valence-corrected chi connectivity index (χ2v) is 5.67. The van der Waals surface area contributed by atoms with Gasteiger partial charge < -0.3 is 10.1 Å². The van der Waals surface area contributed by atoms with Crippen LogP contribution in [0.4, 0.5) is 17.3 Å². The molecule has 6 nitrogen and oxygen atoms in total. The molecule has 0 radical (unpaired) electrons. The van der Waals surface area contributed by atoms with Crippen molar-refractivity contribution in [2.24, 2.45) is 0 Å². The summed E-state index contributed by atoms with van der Waals surface area (Å²) in [6.45, 7) is 10.8. The van der Waals surface area contributed by atoms with Crippen LogP contribution in [-0.2, 0) is 0 Å². The normalized spacial score (nSPS) is 9.85. The van der Waals surface area contributed by atoms with E-state index in [0.29, 0.717) is 28.6 Å². The molecule has 1 N–H and O–H groups in total. The molecule has 0 amide bonds. The molecule has 1 aromatic carbocycles. The highest BCUT2D eigenvalue weighted by Crippen LogP contribution is 2.30. The molecule has 3 aromatic rings. The van der Waals surface area contributed by atoms with Crippen molar-refractivity contribution >= 4 is 17.3 Å². The number of ether oxygens (including phenoxy) is 1. The van der Waals surface area contributed by atoms with Gasteiger partial charge in [0.15, 0.2) is 0 Å². The van der Waals surface area contributed by atoms with Crippen LogP contribution >= 0.6 is 0 Å². The van der Waals surface area contributed by atoms with Gasteiger partial charge >= 0.3 is 0 Å². The minimum Gasteiger partial charge on any atom is -0.457 e. The fourth-order valence-electron chi connectivity index (χ4n) is 2.49. The van der Waals surface area contributed by atoms with E-state index in [0.717, 1.165) is 16.9 Å². The molecular formula is C20H15N5O. The highest BCUT2D eigenvalue weighted by molar-refractivity contribution is 5.57. The van der Waals surface area contributed by atoms with E-state index in [4.69, 9.17) is 16.6 Å². The maximum atomic E-state index is 9.05. The minimum absolute atomic E-state index is 0.479. The first-order chi connectivity index (χ1) is 12.6. The second kappa shape index (κ2) is 7.33. The lowest BCUT2D eigenvalue weighted by atomic mass is 10.1. The zero-order chi connectivity index (χ0) is 18.5. The van der Waals surface area contributed by atoms with Crippen molar-refractivity contribution in [3.05, 3.63) is 76.9 Å². The molecule has 126 valence electrons. The Morgan fingerprint density at radius 3 is 2.46 bits per heavy atom. The molecule has 0 saturated heterocycles. The van der Waals surface area contributed by atoms with Crippen molar-refractivity contribution in [3.63, 3.8) is 0 Å². The molecule has 0 unspecified atom stereocenters. The molecule has 6 heteroatoms. The van der Waals surface area contributed by atoms with Crippen LogP contribution in [0.25, 0.3) is 4.85 Å². The predicted octanol–water partition coefficient (Wildman–Crippen LogP) is 5.05. The first kappa shape index (κ1) is 16.9. The quantitative estimate of drug-likeness (QED) is 0.672. The molecule has 0 aliphatic rings. The molecule has 0 atom stereocenters. The summed E-state index contributed by atoms with van der Waals surface area (Å²) in [4.78, 5) is 11.7. The van der Waals surface area contributed by atoms with Gasteiger partial charge in [-0.25, -0.2) is 9.83 Å². The van der Waals surface area contributed by atoms with Gasteiger partial charge in [-0.15, -0.1) is 0 Å². The van der Waals surface area contributed by atoms with E-state index in [2.05, 4.69) is 26.2 Å². The SMILES string of the molecule is [C-]#[N+]c1ccc(Nc2cc(Oc3c(C)cc(C#N)cc3C)ccn2)nc1. The van der Waals surface area contributed by atoms with Crippen LogP contribution in [0.15, 0.2) is 48.8 Å². The van der Waals surface area contributed by atoms with Crippen molar-refractivity contribution in [2.75, 3.05) is 5.32 Å². The van der Waals surface area contributed by atoms with E-state index in [1.807, 2.05) is 13.8 Å². The fraction of sp³-hybridized carbons (Fsp3) is 0.100. The van der Waals surface area contributed by atoms with E-state index in [1.54, 1.807) is 42.6 Å². The maximum absolute atomic E-state index is 9.05. The summed E-state index contributed by atoms with van der Waals surface area (Å²) in [6, 6.07) is 12.7. The first-order valence-electron chi connectivity index (χ1n) is 7.85. The summed E-state index contributed by atoms with van der Waals surface area (Å²) in [5.74, 6) is 2.51. The average molecular weight is 341 g/mol. The zero-order valence-corrected chi connectivity index (χ0v) is 14.3. The predicted molar refractivity (Wildman–Crippen MR) is 98.7 cm³/mol. The largest absolute Gasteiger partial charge is 0.457 e. The third-order valence-corrected chi connectivity index (χ3v) is 3.67. The number of nitriles is 1. The van der Waals surface area contributed by atoms with E-state index >= 15 is 0 Å². The molecule has 26 heavy (non-hydrogen) atoms. The topological polar surface area (TPSA) is 75.2 Å². The number of nitrogens with one attached hydrogen (secondary N) is 1. The number of hydrogen-bond donors (Lipinski definition) is 1. The molecule has 0 aliphatic carbocycles. The van der Waals surface area contributed by atoms with Gasteiger partial charge in [-0.05, 0) is 49.2 Å². The Kier molecular flexibility index (Phi) is 4.78. The summed E-state index contributed by atoms with van der Waals surface area (Å²) >= 11 is 0. The van der Waals surface area contributed by atoms with Gasteiger partial charge in [-0.2, -0.15) is 5.26 Å². The molecule has 0 fully saturated rings. The van der Waals surface area contributed by atoms with Crippen LogP contribution in [0, 0.1) is 31.8 Å². The van der Waals surface area contributed by atoms with E-state index in [-0.39, 0.29) is 0 Å². The van der Waals surface area contributed by atoms with Crippen LogP contribution < -0.4 is 10.1 Å². The monoisotopic (exact) mass is 341 g/mol. The third-order valence-electron chi connectivity index (χ3n) is 3.67. The van der Waals surface area contributed by atoms with E-state index in [1.165, 1.54) is 6.20 Å². The standard InChI is InChI=1S/C20H15N5O/c1-13-8-15(11-21)9-14(2)20(13)26-17-6-7-23-19(10-17)25-18-5-4-16(22-3)12-24-18/h4-10,12H,1-2H3,(H,23,24,25). The zero-order valence-electron chi connectivity index (χ0n) is 14.3. The summed E-state index contributed by atoms with van der Waals surface area (Å²) < 4.78 is 6.00. The van der Waals surface area contributed by atoms with Crippen LogP contribution in [0.2, 0.25) is 0 Å². The molecule has 0 saturated carbocycles. The lowest BCUT2D eigenvalue weighted by molar-refractivity contribution is 0.474. The van der Waals surface area contributed by atoms with Gasteiger partial charge in [0.05, 0.1) is 18.2 Å². The number of benzene rings is 1. The Morgan fingerprint density at radius 2 is 1.85 bits per heavy atom. The Balaban J connectivity index is 1.82. The van der Waals surface area contributed by atoms with Crippen LogP contribution in [0.1, 0.15) is 16.7 Å². The average Bonchev–Trinajstić information content (AvgIpc) is 2.65. The minimum atomic E-state index is 0.479. The summed E-state index contributed by atoms with van der Waals surface area (Å²) in [6.07, 6.45) is 3.14. The summed E-state index contributed by atoms with van der Waals surface area (Å²) in [7, 11) is 0. The lowest BCUT2D eigenvalue weighted by Crippen LogP contribution is -1.97. The number of nitrogens with zero attached hydrogens (tertiary/aromatic N) is 4. The van der Waals surface area contributed by atoms with Crippen LogP contribution in [-0.4, -0.2) is 9.97 Å². The number of pyridine rings is 2. The Bertz CT molecular complexity index is 1010. The second-order valence-electron chi connectivity index (χ2n) is 5.67. The van der Waals surface area contributed by atoms with Crippen molar-refractivity contribution in [3.8, 4) is 17.6 Å². The van der Waals surface area contributed by atoms with Gasteiger partial charge in [0.1, 0.15) is 23.1 Å². The molecule has 0 spiro atoms. The number of aromatic nitrogens is 2. The Morgan fingerprint density at radius 1 is 1.08 bits per heavy atom. The third kappa shape index (κ3) is 3.77. The summed E-state index contributed by atoms with van der Waals surface area (Å²) in [5.41, 5.74) is 2.87. The van der Waals surface area contributed by atoms with Gasteiger partial charge in [-0.1, -0.05) is 6.07 Å². The Hall–Kier alpha value is -3.90. The van der Waals surface area contributed by atoms with Crippen molar-refractivity contribution in [1.82, 2.24) is 9.97 Å². The molecule has 2 aromatic heterocycles. The number of rotatable bonds is 4. The van der Waals surface area contributed by atoms with Gasteiger partial charge in [0.25, 0.3) is 0 Å². The van der Waals surface area contributed by atoms with Crippen molar-refractivity contribution in [2.45, 2.75) is 13.8 Å². The number of anilines is 2. The van der Waals surface area contributed by atoms with Crippen LogP contribution in [0.3, 0.4) is 0 Å². The maximum Gasteiger partial charge on any atom is 0.205 e. The van der Waals surface area contributed by atoms with Gasteiger partial charge in [0.2, 0.25) is 5.69 Å². The van der Waals surface area contributed by atoms with E-state index < -0.39 is 0 Å². The van der Waals surface area contributed by atoms with Crippen molar-refractivity contribution in [1.29, 1.82) is 5.26 Å². The highest BCUT2D eigenvalue weighted by Gasteiger charge is 2.09. The molecule has 2 heterocycles. The van der Waals surface area contributed by atoms with Crippen molar-refractivity contribution < 1.29 is 4.74 Å². The lowest BCUT2D eigenvalue weighted by Gasteiger charge is -2.13. The van der Waals surface area contributed by atoms with E-state index in [9.17, 15) is 0 Å². The number of hydrogen-bond acceptors (Lipinski definition) is 5. The van der Waals surface area contributed by atoms with Gasteiger partial charge in [0, 0.05) is 18.5 Å².